The maximum Gasteiger partial charge on any atom is 0.328 e. The first kappa shape index (κ1) is 14.6. The van der Waals surface area contributed by atoms with Crippen LogP contribution in [-0.4, -0.2) is 25.8 Å². The highest BCUT2D eigenvalue weighted by Crippen LogP contribution is 2.21. The minimum absolute atomic E-state index is 0.218. The van der Waals surface area contributed by atoms with Crippen molar-refractivity contribution in [3.05, 3.63) is 51.0 Å². The molecule has 22 heavy (non-hydrogen) atoms. The quantitative estimate of drug-likeness (QED) is 0.452. The lowest BCUT2D eigenvalue weighted by Crippen LogP contribution is -2.17. The number of benzene rings is 1. The molecule has 0 aliphatic heterocycles. The molecule has 1 aromatic carbocycles. The summed E-state index contributed by atoms with van der Waals surface area (Å²) in [5, 5.41) is 9.67. The van der Waals surface area contributed by atoms with Crippen LogP contribution in [0.5, 0.6) is 0 Å². The van der Waals surface area contributed by atoms with E-state index in [0.29, 0.717) is 28.4 Å². The van der Waals surface area contributed by atoms with Crippen LogP contribution in [0.3, 0.4) is 0 Å². The number of nitrogens with zero attached hydrogens (tertiary/aromatic N) is 4. The van der Waals surface area contributed by atoms with E-state index in [2.05, 4.69) is 21.0 Å². The van der Waals surface area contributed by atoms with Gasteiger partial charge in [0.2, 0.25) is 0 Å². The summed E-state index contributed by atoms with van der Waals surface area (Å²) in [5.74, 6) is 0. The summed E-state index contributed by atoms with van der Waals surface area (Å²) in [6.45, 7) is 0.301. The number of imidazole rings is 1. The summed E-state index contributed by atoms with van der Waals surface area (Å²) in [6.07, 6.45) is 1.84. The Morgan fingerprint density at radius 2 is 2.27 bits per heavy atom. The van der Waals surface area contributed by atoms with Crippen molar-refractivity contribution in [3.63, 3.8) is 0 Å². The number of H-pyrrole nitrogens is 1. The molecule has 2 aromatic heterocycles. The second-order valence-corrected chi connectivity index (χ2v) is 5.66. The monoisotopic (exact) mass is 331 g/mol. The van der Waals surface area contributed by atoms with Gasteiger partial charge >= 0.3 is 5.69 Å². The number of aromatic amines is 1. The molecule has 2 heterocycles. The van der Waals surface area contributed by atoms with Crippen LogP contribution in [0.4, 0.5) is 0 Å². The number of thioether (sulfide) groups is 1. The Kier molecular flexibility index (Phi) is 3.88. The number of hydrogen-bond donors (Lipinski definition) is 1. The second kappa shape index (κ2) is 5.83. The number of nitrogens with one attached hydrogen (secondary N) is 1. The van der Waals surface area contributed by atoms with Crippen LogP contribution in [0.15, 0.2) is 34.2 Å². The van der Waals surface area contributed by atoms with Gasteiger partial charge in [0.1, 0.15) is 5.52 Å². The molecule has 3 rings (SSSR count). The third-order valence-electron chi connectivity index (χ3n) is 3.14. The van der Waals surface area contributed by atoms with E-state index in [1.54, 1.807) is 18.2 Å². The van der Waals surface area contributed by atoms with Gasteiger partial charge in [-0.25, -0.2) is 14.8 Å². The van der Waals surface area contributed by atoms with Crippen LogP contribution in [-0.2, 0) is 6.54 Å². The predicted octanol–water partition coefficient (Wildman–Crippen LogP) is 2.41. The summed E-state index contributed by atoms with van der Waals surface area (Å²) in [6, 6.07) is 9.17. The first-order valence-corrected chi connectivity index (χ1v) is 7.91. The zero-order valence-electron chi connectivity index (χ0n) is 11.5. The van der Waals surface area contributed by atoms with Gasteiger partial charge < -0.3 is 4.98 Å². The van der Waals surface area contributed by atoms with Crippen molar-refractivity contribution in [2.45, 2.75) is 11.7 Å². The van der Waals surface area contributed by atoms with Gasteiger partial charge in [0.15, 0.2) is 16.0 Å². The van der Waals surface area contributed by atoms with E-state index in [9.17, 15) is 4.79 Å². The summed E-state index contributed by atoms with van der Waals surface area (Å²) in [4.78, 5) is 23.3. The van der Waals surface area contributed by atoms with Crippen LogP contribution < -0.4 is 5.69 Å². The molecule has 0 atom stereocenters. The highest BCUT2D eigenvalue weighted by atomic mass is 35.5. The molecule has 0 saturated heterocycles. The summed E-state index contributed by atoms with van der Waals surface area (Å²) in [5.41, 5.74) is 1.94. The predicted molar refractivity (Wildman–Crippen MR) is 85.2 cm³/mol. The molecule has 110 valence electrons. The number of aromatic nitrogens is 4. The molecule has 3 aromatic rings. The van der Waals surface area contributed by atoms with Gasteiger partial charge in [0, 0.05) is 0 Å². The van der Waals surface area contributed by atoms with Crippen molar-refractivity contribution in [2.24, 2.45) is 0 Å². The molecule has 0 spiro atoms. The Hall–Kier alpha value is -2.30. The van der Waals surface area contributed by atoms with Crippen LogP contribution in [0.2, 0.25) is 5.15 Å². The molecular weight excluding hydrogens is 322 g/mol. The number of rotatable bonds is 3. The first-order chi connectivity index (χ1) is 10.6. The lowest BCUT2D eigenvalue weighted by molar-refractivity contribution is 0.771. The molecule has 0 fully saturated rings. The lowest BCUT2D eigenvalue weighted by Gasteiger charge is -2.04. The lowest BCUT2D eigenvalue weighted by atomic mass is 10.1. The zero-order chi connectivity index (χ0) is 15.7. The molecule has 0 radical (unpaired) electrons. The van der Waals surface area contributed by atoms with Crippen molar-refractivity contribution in [2.75, 3.05) is 6.26 Å². The third-order valence-corrected chi connectivity index (χ3v) is 3.96. The van der Waals surface area contributed by atoms with E-state index in [1.165, 1.54) is 16.3 Å². The Morgan fingerprint density at radius 3 is 3.00 bits per heavy atom. The number of halogens is 1. The SMILES string of the molecule is CSc1nc(Cl)c2[nH]c(=O)n(Cc3cccc(C#N)c3)c2n1. The summed E-state index contributed by atoms with van der Waals surface area (Å²) < 4.78 is 1.49. The minimum atomic E-state index is -0.313. The van der Waals surface area contributed by atoms with Crippen molar-refractivity contribution in [3.8, 4) is 6.07 Å². The second-order valence-electron chi connectivity index (χ2n) is 4.53. The average Bonchev–Trinajstić information content (AvgIpc) is 2.84. The van der Waals surface area contributed by atoms with Crippen LogP contribution in [0, 0.1) is 11.3 Å². The molecule has 0 bridgehead atoms. The Balaban J connectivity index is 2.14. The molecule has 6 nitrogen and oxygen atoms in total. The molecular formula is C14H10ClN5OS. The molecule has 0 aliphatic rings. The Morgan fingerprint density at radius 1 is 1.45 bits per heavy atom. The van der Waals surface area contributed by atoms with Crippen LogP contribution in [0.1, 0.15) is 11.1 Å². The molecule has 0 amide bonds. The van der Waals surface area contributed by atoms with E-state index in [-0.39, 0.29) is 10.8 Å². The Labute approximate surface area is 134 Å². The van der Waals surface area contributed by atoms with Crippen molar-refractivity contribution in [1.82, 2.24) is 19.5 Å². The van der Waals surface area contributed by atoms with Crippen LogP contribution in [0.25, 0.3) is 11.2 Å². The van der Waals surface area contributed by atoms with E-state index >= 15 is 0 Å². The normalized spacial score (nSPS) is 10.8. The first-order valence-electron chi connectivity index (χ1n) is 6.31. The molecule has 0 aliphatic carbocycles. The Bertz CT molecular complexity index is 956. The van der Waals surface area contributed by atoms with E-state index < -0.39 is 0 Å². The van der Waals surface area contributed by atoms with Crippen molar-refractivity contribution in [1.29, 1.82) is 5.26 Å². The van der Waals surface area contributed by atoms with Gasteiger partial charge in [0.05, 0.1) is 18.2 Å². The topological polar surface area (TPSA) is 87.4 Å². The molecule has 8 heteroatoms. The van der Waals surface area contributed by atoms with Gasteiger partial charge in [0.25, 0.3) is 0 Å². The van der Waals surface area contributed by atoms with Gasteiger partial charge in [-0.3, -0.25) is 4.57 Å². The number of hydrogen-bond acceptors (Lipinski definition) is 5. The smallest absolute Gasteiger partial charge is 0.302 e. The molecule has 1 N–H and O–H groups in total. The fourth-order valence-electron chi connectivity index (χ4n) is 2.14. The van der Waals surface area contributed by atoms with Gasteiger partial charge in [-0.2, -0.15) is 5.26 Å². The molecule has 0 unspecified atom stereocenters. The van der Waals surface area contributed by atoms with Gasteiger partial charge in [-0.1, -0.05) is 35.5 Å². The van der Waals surface area contributed by atoms with Crippen molar-refractivity contribution < 1.29 is 0 Å². The number of nitriles is 1. The van der Waals surface area contributed by atoms with E-state index in [1.807, 2.05) is 12.3 Å². The summed E-state index contributed by atoms with van der Waals surface area (Å²) >= 11 is 7.44. The molecule has 0 saturated carbocycles. The largest absolute Gasteiger partial charge is 0.328 e. The highest BCUT2D eigenvalue weighted by Gasteiger charge is 2.14. The van der Waals surface area contributed by atoms with Gasteiger partial charge in [-0.15, -0.1) is 0 Å². The van der Waals surface area contributed by atoms with Crippen molar-refractivity contribution >= 4 is 34.5 Å². The third kappa shape index (κ3) is 2.58. The fraction of sp³-hybridized carbons (Fsp3) is 0.143. The minimum Gasteiger partial charge on any atom is -0.302 e. The standard InChI is InChI=1S/C14H10ClN5OS/c1-22-13-18-11(15)10-12(19-13)20(14(21)17-10)7-9-4-2-3-8(5-9)6-16/h2-5H,7H2,1H3,(H,17,21). The highest BCUT2D eigenvalue weighted by molar-refractivity contribution is 7.98. The zero-order valence-corrected chi connectivity index (χ0v) is 13.1. The fourth-order valence-corrected chi connectivity index (χ4v) is 2.76. The van der Waals surface area contributed by atoms with E-state index in [4.69, 9.17) is 16.9 Å². The van der Waals surface area contributed by atoms with Gasteiger partial charge in [-0.05, 0) is 24.0 Å². The average molecular weight is 332 g/mol. The maximum atomic E-state index is 12.2. The maximum absolute atomic E-state index is 12.2. The summed E-state index contributed by atoms with van der Waals surface area (Å²) in [7, 11) is 0. The van der Waals surface area contributed by atoms with E-state index in [0.717, 1.165) is 5.56 Å². The number of fused-ring (bicyclic) bond motifs is 1. The van der Waals surface area contributed by atoms with Crippen LogP contribution >= 0.6 is 23.4 Å².